The molecule has 0 spiro atoms. The summed E-state index contributed by atoms with van der Waals surface area (Å²) >= 11 is 6.10. The van der Waals surface area contributed by atoms with Gasteiger partial charge in [0.25, 0.3) is 5.91 Å². The van der Waals surface area contributed by atoms with Crippen molar-refractivity contribution in [2.24, 2.45) is 0 Å². The molecule has 1 saturated heterocycles. The van der Waals surface area contributed by atoms with E-state index in [1.165, 1.54) is 0 Å². The molecule has 0 aliphatic carbocycles. The Balaban J connectivity index is 0.00000243. The molecular weight excluding hydrogens is 373 g/mol. The van der Waals surface area contributed by atoms with Crippen molar-refractivity contribution in [3.05, 3.63) is 40.7 Å². The Morgan fingerprint density at radius 3 is 2.92 bits per heavy atom. The molecule has 1 aromatic carbocycles. The summed E-state index contributed by atoms with van der Waals surface area (Å²) in [5.74, 6) is -0.0309. The van der Waals surface area contributed by atoms with Crippen LogP contribution in [0.3, 0.4) is 0 Å². The number of benzene rings is 1. The molecule has 2 heterocycles. The van der Waals surface area contributed by atoms with Gasteiger partial charge in [0.2, 0.25) is 0 Å². The van der Waals surface area contributed by atoms with E-state index < -0.39 is 0 Å². The van der Waals surface area contributed by atoms with E-state index in [1.807, 2.05) is 36.2 Å². The number of amides is 1. The van der Waals surface area contributed by atoms with Crippen LogP contribution in [0.4, 0.5) is 0 Å². The third kappa shape index (κ3) is 4.37. The van der Waals surface area contributed by atoms with Crippen LogP contribution in [0.15, 0.2) is 24.3 Å². The van der Waals surface area contributed by atoms with Crippen LogP contribution < -0.4 is 5.32 Å². The topological polar surface area (TPSA) is 63.1 Å². The highest BCUT2D eigenvalue weighted by molar-refractivity contribution is 6.30. The van der Waals surface area contributed by atoms with Gasteiger partial charge in [0.05, 0.1) is 11.4 Å². The van der Waals surface area contributed by atoms with E-state index >= 15 is 0 Å². The number of hydrogen-bond acceptors (Lipinski definition) is 4. The predicted molar refractivity (Wildman–Crippen MR) is 106 cm³/mol. The van der Waals surface area contributed by atoms with Crippen molar-refractivity contribution in [1.29, 1.82) is 0 Å². The zero-order valence-electron chi connectivity index (χ0n) is 15.1. The first-order valence-corrected chi connectivity index (χ1v) is 9.19. The fourth-order valence-electron chi connectivity index (χ4n) is 3.29. The van der Waals surface area contributed by atoms with E-state index in [0.29, 0.717) is 23.3 Å². The van der Waals surface area contributed by atoms with Gasteiger partial charge in [0, 0.05) is 24.2 Å². The molecule has 26 heavy (non-hydrogen) atoms. The van der Waals surface area contributed by atoms with Crippen LogP contribution in [-0.4, -0.2) is 52.0 Å². The number of nitrogens with zero attached hydrogens (tertiary/aromatic N) is 4. The molecule has 1 aliphatic rings. The van der Waals surface area contributed by atoms with Crippen molar-refractivity contribution in [1.82, 2.24) is 25.2 Å². The zero-order chi connectivity index (χ0) is 17.8. The number of halogens is 2. The standard InChI is InChI=1S/C18H24ClN5O.ClH/c1-3-6-16-17(18(25)23-10-5-8-14(12-23)20-2)21-22-24(16)15-9-4-7-13(19)11-15;/h4,7,9,11,14,20H,3,5-6,8,10,12H2,1-2H3;1H. The Morgan fingerprint density at radius 1 is 1.42 bits per heavy atom. The second kappa shape index (κ2) is 9.35. The van der Waals surface area contributed by atoms with Gasteiger partial charge in [0.15, 0.2) is 5.69 Å². The first-order chi connectivity index (χ1) is 12.1. The Morgan fingerprint density at radius 2 is 2.23 bits per heavy atom. The van der Waals surface area contributed by atoms with Crippen molar-refractivity contribution in [3.63, 3.8) is 0 Å². The smallest absolute Gasteiger partial charge is 0.276 e. The molecule has 1 atom stereocenters. The van der Waals surface area contributed by atoms with Crippen LogP contribution in [0, 0.1) is 0 Å². The van der Waals surface area contributed by atoms with E-state index in [4.69, 9.17) is 11.6 Å². The van der Waals surface area contributed by atoms with Gasteiger partial charge in [-0.05, 0) is 44.5 Å². The normalized spacial score (nSPS) is 17.0. The molecule has 1 unspecified atom stereocenters. The second-order valence-corrected chi connectivity index (χ2v) is 6.84. The molecule has 2 aromatic rings. The molecule has 8 heteroatoms. The van der Waals surface area contributed by atoms with Crippen LogP contribution in [0.2, 0.25) is 5.02 Å². The zero-order valence-corrected chi connectivity index (χ0v) is 16.7. The number of rotatable bonds is 5. The SMILES string of the molecule is CCCc1c(C(=O)N2CCCC(NC)C2)nnn1-c1cccc(Cl)c1.Cl. The number of hydrogen-bond donors (Lipinski definition) is 1. The number of likely N-dealkylation sites (N-methyl/N-ethyl adjacent to an activating group) is 1. The molecule has 142 valence electrons. The van der Waals surface area contributed by atoms with Crippen LogP contribution >= 0.6 is 24.0 Å². The van der Waals surface area contributed by atoms with Crippen molar-refractivity contribution in [2.75, 3.05) is 20.1 Å². The summed E-state index contributed by atoms with van der Waals surface area (Å²) < 4.78 is 1.74. The minimum atomic E-state index is -0.0309. The molecule has 1 aliphatic heterocycles. The average Bonchev–Trinajstić information content (AvgIpc) is 3.05. The Kier molecular flexibility index (Phi) is 7.43. The van der Waals surface area contributed by atoms with Gasteiger partial charge >= 0.3 is 0 Å². The van der Waals surface area contributed by atoms with Gasteiger partial charge in [-0.3, -0.25) is 4.79 Å². The lowest BCUT2D eigenvalue weighted by atomic mass is 10.0. The minimum Gasteiger partial charge on any atom is -0.336 e. The summed E-state index contributed by atoms with van der Waals surface area (Å²) in [4.78, 5) is 14.9. The fraction of sp³-hybridized carbons (Fsp3) is 0.500. The van der Waals surface area contributed by atoms with Crippen LogP contribution in [0.1, 0.15) is 42.4 Å². The summed E-state index contributed by atoms with van der Waals surface area (Å²) in [5.41, 5.74) is 2.13. The molecule has 0 bridgehead atoms. The summed E-state index contributed by atoms with van der Waals surface area (Å²) in [6, 6.07) is 7.79. The second-order valence-electron chi connectivity index (χ2n) is 6.41. The highest BCUT2D eigenvalue weighted by Crippen LogP contribution is 2.21. The highest BCUT2D eigenvalue weighted by atomic mass is 35.5. The summed E-state index contributed by atoms with van der Waals surface area (Å²) in [5, 5.41) is 12.4. The number of carbonyl (C=O) groups is 1. The quantitative estimate of drug-likeness (QED) is 0.841. The number of nitrogens with one attached hydrogen (secondary N) is 1. The van der Waals surface area contributed by atoms with Crippen molar-refractivity contribution in [2.45, 2.75) is 38.6 Å². The minimum absolute atomic E-state index is 0. The van der Waals surface area contributed by atoms with E-state index in [9.17, 15) is 4.79 Å². The Labute approximate surface area is 165 Å². The van der Waals surface area contributed by atoms with E-state index in [1.54, 1.807) is 4.68 Å². The lowest BCUT2D eigenvalue weighted by Crippen LogP contribution is -2.47. The third-order valence-corrected chi connectivity index (χ3v) is 4.86. The van der Waals surface area contributed by atoms with E-state index in [-0.39, 0.29) is 18.3 Å². The molecule has 1 aromatic heterocycles. The average molecular weight is 398 g/mol. The molecule has 6 nitrogen and oxygen atoms in total. The third-order valence-electron chi connectivity index (χ3n) is 4.62. The molecule has 1 N–H and O–H groups in total. The highest BCUT2D eigenvalue weighted by Gasteiger charge is 2.28. The van der Waals surface area contributed by atoms with Gasteiger partial charge in [-0.1, -0.05) is 36.2 Å². The first kappa shape index (κ1) is 20.7. The number of piperidine rings is 1. The maximum atomic E-state index is 13.0. The predicted octanol–water partition coefficient (Wildman–Crippen LogP) is 3.12. The van der Waals surface area contributed by atoms with Crippen molar-refractivity contribution >= 4 is 29.9 Å². The fourth-order valence-corrected chi connectivity index (χ4v) is 3.48. The van der Waals surface area contributed by atoms with Crippen LogP contribution in [0.5, 0.6) is 0 Å². The van der Waals surface area contributed by atoms with Crippen molar-refractivity contribution in [3.8, 4) is 5.69 Å². The lowest BCUT2D eigenvalue weighted by molar-refractivity contribution is 0.0691. The Hall–Kier alpha value is -1.63. The molecule has 0 radical (unpaired) electrons. The number of aromatic nitrogens is 3. The van der Waals surface area contributed by atoms with Gasteiger partial charge in [-0.15, -0.1) is 17.5 Å². The molecule has 1 amide bonds. The number of likely N-dealkylation sites (tertiary alicyclic amines) is 1. The maximum Gasteiger partial charge on any atom is 0.276 e. The summed E-state index contributed by atoms with van der Waals surface area (Å²) in [7, 11) is 1.94. The van der Waals surface area contributed by atoms with Crippen LogP contribution in [-0.2, 0) is 6.42 Å². The van der Waals surface area contributed by atoms with Crippen LogP contribution in [0.25, 0.3) is 5.69 Å². The summed E-state index contributed by atoms with van der Waals surface area (Å²) in [6.45, 7) is 3.57. The molecule has 1 fully saturated rings. The van der Waals surface area contributed by atoms with Gasteiger partial charge in [-0.2, -0.15) is 0 Å². The Bertz CT molecular complexity index is 749. The van der Waals surface area contributed by atoms with E-state index in [0.717, 1.165) is 43.6 Å². The van der Waals surface area contributed by atoms with Gasteiger partial charge in [0.1, 0.15) is 0 Å². The maximum absolute atomic E-state index is 13.0. The molecular formula is C18H25Cl2N5O. The van der Waals surface area contributed by atoms with Gasteiger partial charge in [-0.25, -0.2) is 4.68 Å². The monoisotopic (exact) mass is 397 g/mol. The van der Waals surface area contributed by atoms with Gasteiger partial charge < -0.3 is 10.2 Å². The largest absolute Gasteiger partial charge is 0.336 e. The molecule has 0 saturated carbocycles. The lowest BCUT2D eigenvalue weighted by Gasteiger charge is -2.32. The van der Waals surface area contributed by atoms with E-state index in [2.05, 4.69) is 22.6 Å². The van der Waals surface area contributed by atoms with Crippen molar-refractivity contribution < 1.29 is 4.79 Å². The number of carbonyl (C=O) groups excluding carboxylic acids is 1. The first-order valence-electron chi connectivity index (χ1n) is 8.81. The summed E-state index contributed by atoms with van der Waals surface area (Å²) in [6.07, 6.45) is 3.75. The molecule has 3 rings (SSSR count).